The molecule has 6 nitrogen and oxygen atoms in total. The number of carbonyl (C=O) groups is 1. The summed E-state index contributed by atoms with van der Waals surface area (Å²) in [5.74, 6) is -0.110. The molecule has 7 atom stereocenters. The minimum Gasteiger partial charge on any atom is -0.459 e. The quantitative estimate of drug-likeness (QED) is 0.292. The van der Waals surface area contributed by atoms with E-state index in [2.05, 4.69) is 32.7 Å². The summed E-state index contributed by atoms with van der Waals surface area (Å²) in [6.45, 7) is 16.2. The van der Waals surface area contributed by atoms with Crippen LogP contribution in [0.25, 0.3) is 0 Å². The molecule has 3 aliphatic rings. The summed E-state index contributed by atoms with van der Waals surface area (Å²) in [4.78, 5) is 28.6. The van der Waals surface area contributed by atoms with Gasteiger partial charge in [-0.25, -0.2) is 0 Å². The SMILES string of the molecule is C=C[C@@]1(C)C[C@@H](ON=O)[C@@H]2[C@@]3(C)CCCC(C)(C)[C@@H]3C[C@H](OC(C)=O)[C@@]2(C)O1. The third kappa shape index (κ3) is 3.17. The number of carbonyl (C=O) groups excluding carboxylic acids is 1. The number of nitrogens with zero attached hydrogens (tertiary/aromatic N) is 1. The zero-order valence-corrected chi connectivity index (χ0v) is 18.1. The van der Waals surface area contributed by atoms with E-state index in [1.807, 2.05) is 13.8 Å². The maximum absolute atomic E-state index is 12.0. The van der Waals surface area contributed by atoms with E-state index in [9.17, 15) is 9.70 Å². The molecule has 0 spiro atoms. The van der Waals surface area contributed by atoms with Crippen LogP contribution in [-0.4, -0.2) is 29.4 Å². The number of hydrogen-bond donors (Lipinski definition) is 0. The predicted octanol–water partition coefficient (Wildman–Crippen LogP) is 4.96. The van der Waals surface area contributed by atoms with Crippen molar-refractivity contribution in [2.24, 2.45) is 28.0 Å². The van der Waals surface area contributed by atoms with Gasteiger partial charge < -0.3 is 14.3 Å². The fourth-order valence-corrected chi connectivity index (χ4v) is 7.06. The van der Waals surface area contributed by atoms with E-state index >= 15 is 0 Å². The molecule has 0 bridgehead atoms. The Balaban J connectivity index is 2.16. The smallest absolute Gasteiger partial charge is 0.303 e. The van der Waals surface area contributed by atoms with Crippen molar-refractivity contribution in [3.05, 3.63) is 17.6 Å². The molecule has 28 heavy (non-hydrogen) atoms. The molecule has 6 heteroatoms. The second-order valence-corrected chi connectivity index (χ2v) is 10.4. The van der Waals surface area contributed by atoms with Crippen LogP contribution in [0.1, 0.15) is 73.6 Å². The molecule has 0 unspecified atom stereocenters. The molecule has 0 aromatic rings. The highest BCUT2D eigenvalue weighted by molar-refractivity contribution is 5.66. The van der Waals surface area contributed by atoms with Gasteiger partial charge in [-0.2, -0.15) is 0 Å². The normalized spacial score (nSPS) is 47.2. The third-order valence-corrected chi connectivity index (χ3v) is 8.04. The minimum atomic E-state index is -0.791. The van der Waals surface area contributed by atoms with E-state index in [-0.39, 0.29) is 22.7 Å². The Hall–Kier alpha value is -1.43. The summed E-state index contributed by atoms with van der Waals surface area (Å²) < 4.78 is 12.5. The van der Waals surface area contributed by atoms with Crippen LogP contribution in [0, 0.1) is 27.6 Å². The lowest BCUT2D eigenvalue weighted by Gasteiger charge is -2.67. The maximum Gasteiger partial charge on any atom is 0.303 e. The molecule has 2 aliphatic carbocycles. The summed E-state index contributed by atoms with van der Waals surface area (Å²) in [6.07, 6.45) is 5.43. The number of rotatable bonds is 4. The van der Waals surface area contributed by atoms with Crippen LogP contribution >= 0.6 is 0 Å². The van der Waals surface area contributed by atoms with Crippen LogP contribution in [0.15, 0.2) is 18.0 Å². The van der Waals surface area contributed by atoms with Crippen LogP contribution in [-0.2, 0) is 19.1 Å². The van der Waals surface area contributed by atoms with Crippen LogP contribution in [0.4, 0.5) is 0 Å². The molecule has 0 N–H and O–H groups in total. The van der Waals surface area contributed by atoms with Gasteiger partial charge in [-0.15, -0.1) is 11.5 Å². The summed E-state index contributed by atoms with van der Waals surface area (Å²) in [5.41, 5.74) is -1.48. The first-order chi connectivity index (χ1) is 12.9. The maximum atomic E-state index is 12.0. The van der Waals surface area contributed by atoms with Crippen LogP contribution in [0.2, 0.25) is 0 Å². The van der Waals surface area contributed by atoms with E-state index in [1.165, 1.54) is 6.92 Å². The largest absolute Gasteiger partial charge is 0.459 e. The van der Waals surface area contributed by atoms with Gasteiger partial charge >= 0.3 is 5.97 Å². The van der Waals surface area contributed by atoms with E-state index in [0.29, 0.717) is 12.3 Å². The molecule has 1 heterocycles. The highest BCUT2D eigenvalue weighted by atomic mass is 16.7. The van der Waals surface area contributed by atoms with E-state index in [1.54, 1.807) is 6.08 Å². The van der Waals surface area contributed by atoms with Gasteiger partial charge in [0.25, 0.3) is 0 Å². The number of esters is 1. The zero-order valence-electron chi connectivity index (χ0n) is 18.1. The molecule has 1 saturated heterocycles. The average Bonchev–Trinajstić information content (AvgIpc) is 2.55. The van der Waals surface area contributed by atoms with Gasteiger partial charge in [0.15, 0.2) is 5.34 Å². The molecular formula is C22H35NO5. The second kappa shape index (κ2) is 6.82. The van der Waals surface area contributed by atoms with Gasteiger partial charge in [0.2, 0.25) is 0 Å². The topological polar surface area (TPSA) is 74.2 Å². The predicted molar refractivity (Wildman–Crippen MR) is 106 cm³/mol. The second-order valence-electron chi connectivity index (χ2n) is 10.4. The molecule has 1 aliphatic heterocycles. The first-order valence-corrected chi connectivity index (χ1v) is 10.4. The van der Waals surface area contributed by atoms with Gasteiger partial charge in [0, 0.05) is 19.3 Å². The Morgan fingerprint density at radius 2 is 1.89 bits per heavy atom. The Bertz CT molecular complexity index is 663. The fourth-order valence-electron chi connectivity index (χ4n) is 7.06. The standard InChI is InChI=1S/C22H35NO5/c1-8-20(5)13-15(27-23-25)18-21(6)11-9-10-19(3,4)16(21)12-17(26-14(2)24)22(18,7)28-20/h8,15-18H,1,9-13H2,2-7H3/t15-,16+,17+,18-,20+,21+,22-/m1/s1. The molecule has 3 rings (SSSR count). The Kier molecular flexibility index (Phi) is 5.19. The third-order valence-electron chi connectivity index (χ3n) is 8.04. The Labute approximate surface area is 168 Å². The number of hydrogen-bond acceptors (Lipinski definition) is 6. The molecular weight excluding hydrogens is 358 g/mol. The van der Waals surface area contributed by atoms with Crippen molar-refractivity contribution in [1.82, 2.24) is 0 Å². The highest BCUT2D eigenvalue weighted by Crippen LogP contribution is 2.66. The van der Waals surface area contributed by atoms with Crippen molar-refractivity contribution in [2.45, 2.75) is 97.1 Å². The molecule has 3 fully saturated rings. The molecule has 0 radical (unpaired) electrons. The van der Waals surface area contributed by atoms with Crippen LogP contribution < -0.4 is 0 Å². The number of ether oxygens (including phenoxy) is 2. The average molecular weight is 394 g/mol. The van der Waals surface area contributed by atoms with Crippen LogP contribution in [0.5, 0.6) is 0 Å². The Morgan fingerprint density at radius 3 is 2.46 bits per heavy atom. The highest BCUT2D eigenvalue weighted by Gasteiger charge is 2.69. The van der Waals surface area contributed by atoms with Crippen molar-refractivity contribution in [1.29, 1.82) is 0 Å². The van der Waals surface area contributed by atoms with Gasteiger partial charge in [-0.1, -0.05) is 33.3 Å². The van der Waals surface area contributed by atoms with Crippen molar-refractivity contribution < 1.29 is 19.1 Å². The monoisotopic (exact) mass is 393 g/mol. The van der Waals surface area contributed by atoms with Crippen LogP contribution in [0.3, 0.4) is 0 Å². The molecule has 2 saturated carbocycles. The van der Waals surface area contributed by atoms with Gasteiger partial charge in [0.05, 0.1) is 5.60 Å². The summed E-state index contributed by atoms with van der Waals surface area (Å²) in [5, 5.41) is 2.82. The van der Waals surface area contributed by atoms with Gasteiger partial charge in [-0.3, -0.25) is 4.79 Å². The van der Waals surface area contributed by atoms with Gasteiger partial charge in [-0.05, 0) is 49.9 Å². The summed E-state index contributed by atoms with van der Waals surface area (Å²) >= 11 is 0. The van der Waals surface area contributed by atoms with Crippen molar-refractivity contribution >= 4 is 5.97 Å². The number of fused-ring (bicyclic) bond motifs is 3. The van der Waals surface area contributed by atoms with E-state index < -0.39 is 23.4 Å². The summed E-state index contributed by atoms with van der Waals surface area (Å²) in [7, 11) is 0. The lowest BCUT2D eigenvalue weighted by molar-refractivity contribution is -0.322. The molecule has 158 valence electrons. The van der Waals surface area contributed by atoms with Crippen molar-refractivity contribution in [2.75, 3.05) is 0 Å². The first-order valence-electron chi connectivity index (χ1n) is 10.4. The van der Waals surface area contributed by atoms with Gasteiger partial charge in [0.1, 0.15) is 17.8 Å². The molecule has 0 amide bonds. The van der Waals surface area contributed by atoms with E-state index in [0.717, 1.165) is 25.7 Å². The summed E-state index contributed by atoms with van der Waals surface area (Å²) in [6, 6.07) is 0. The minimum absolute atomic E-state index is 0.102. The molecule has 0 aromatic heterocycles. The lowest BCUT2D eigenvalue weighted by atomic mass is 9.43. The lowest BCUT2D eigenvalue weighted by Crippen LogP contribution is -2.72. The van der Waals surface area contributed by atoms with Crippen molar-refractivity contribution in [3.8, 4) is 0 Å². The molecule has 0 aromatic carbocycles. The van der Waals surface area contributed by atoms with Crippen molar-refractivity contribution in [3.63, 3.8) is 0 Å². The first kappa shape index (κ1) is 21.3. The van der Waals surface area contributed by atoms with E-state index in [4.69, 9.17) is 14.3 Å². The zero-order chi connectivity index (χ0) is 21.0. The Morgan fingerprint density at radius 1 is 1.21 bits per heavy atom. The fraction of sp³-hybridized carbons (Fsp3) is 0.864.